The second kappa shape index (κ2) is 6.26. The molecule has 1 aromatic rings. The first-order valence-electron chi connectivity index (χ1n) is 5.37. The average Bonchev–Trinajstić information content (AvgIpc) is 2.64. The van der Waals surface area contributed by atoms with Crippen molar-refractivity contribution in [2.24, 2.45) is 5.92 Å². The minimum Gasteiger partial charge on any atom is -0.380 e. The van der Waals surface area contributed by atoms with Gasteiger partial charge in [-0.2, -0.15) is 5.26 Å². The third-order valence-electron chi connectivity index (χ3n) is 2.26. The van der Waals surface area contributed by atoms with Crippen molar-refractivity contribution in [2.75, 3.05) is 13.2 Å². The Morgan fingerprint density at radius 1 is 1.47 bits per heavy atom. The van der Waals surface area contributed by atoms with Crippen LogP contribution in [-0.4, -0.2) is 17.8 Å². The van der Waals surface area contributed by atoms with Gasteiger partial charge in [0.15, 0.2) is 0 Å². The highest BCUT2D eigenvalue weighted by molar-refractivity contribution is 5.21. The van der Waals surface area contributed by atoms with Crippen molar-refractivity contribution in [3.05, 3.63) is 24.0 Å². The van der Waals surface area contributed by atoms with E-state index in [2.05, 4.69) is 19.9 Å². The molecule has 1 aromatic heterocycles. The Morgan fingerprint density at radius 2 is 2.27 bits per heavy atom. The maximum absolute atomic E-state index is 8.77. The summed E-state index contributed by atoms with van der Waals surface area (Å²) < 4.78 is 7.40. The highest BCUT2D eigenvalue weighted by Gasteiger charge is 1.99. The molecule has 82 valence electrons. The molecular weight excluding hydrogens is 188 g/mol. The molecule has 15 heavy (non-hydrogen) atoms. The molecule has 0 N–H and O–H groups in total. The summed E-state index contributed by atoms with van der Waals surface area (Å²) >= 11 is 0. The van der Waals surface area contributed by atoms with Gasteiger partial charge in [0, 0.05) is 19.3 Å². The zero-order valence-corrected chi connectivity index (χ0v) is 9.44. The molecule has 0 radical (unpaired) electrons. The molecule has 0 spiro atoms. The van der Waals surface area contributed by atoms with E-state index in [-0.39, 0.29) is 0 Å². The lowest BCUT2D eigenvalue weighted by molar-refractivity contribution is 0.116. The van der Waals surface area contributed by atoms with Crippen LogP contribution in [0.4, 0.5) is 0 Å². The quantitative estimate of drug-likeness (QED) is 0.670. The lowest BCUT2D eigenvalue weighted by Crippen LogP contribution is -2.08. The van der Waals surface area contributed by atoms with Gasteiger partial charge in [0.1, 0.15) is 11.8 Å². The van der Waals surface area contributed by atoms with E-state index in [0.29, 0.717) is 18.2 Å². The fraction of sp³-hybridized carbons (Fsp3) is 0.583. The minimum atomic E-state index is 0.677. The van der Waals surface area contributed by atoms with Gasteiger partial charge in [-0.15, -0.1) is 0 Å². The van der Waals surface area contributed by atoms with Gasteiger partial charge in [0.25, 0.3) is 0 Å². The Kier molecular flexibility index (Phi) is 4.92. The molecule has 0 saturated heterocycles. The second-order valence-corrected chi connectivity index (χ2v) is 3.99. The van der Waals surface area contributed by atoms with E-state index in [4.69, 9.17) is 10.00 Å². The van der Waals surface area contributed by atoms with Crippen molar-refractivity contribution in [2.45, 2.75) is 26.8 Å². The number of ether oxygens (including phenoxy) is 1. The Labute approximate surface area is 91.3 Å². The van der Waals surface area contributed by atoms with Crippen molar-refractivity contribution in [1.82, 2.24) is 4.57 Å². The van der Waals surface area contributed by atoms with E-state index >= 15 is 0 Å². The SMILES string of the molecule is CC(C)CCOCCn1cccc1C#N. The van der Waals surface area contributed by atoms with E-state index in [0.717, 1.165) is 19.6 Å². The van der Waals surface area contributed by atoms with E-state index < -0.39 is 0 Å². The molecule has 1 heterocycles. The Morgan fingerprint density at radius 3 is 2.93 bits per heavy atom. The fourth-order valence-corrected chi connectivity index (χ4v) is 1.29. The van der Waals surface area contributed by atoms with Crippen molar-refractivity contribution in [3.8, 4) is 6.07 Å². The molecule has 0 aliphatic heterocycles. The maximum atomic E-state index is 8.77. The molecule has 0 fully saturated rings. The van der Waals surface area contributed by atoms with Gasteiger partial charge in [0.05, 0.1) is 6.61 Å². The lowest BCUT2D eigenvalue weighted by Gasteiger charge is -2.07. The largest absolute Gasteiger partial charge is 0.380 e. The van der Waals surface area contributed by atoms with Crippen LogP contribution in [0.3, 0.4) is 0 Å². The van der Waals surface area contributed by atoms with Gasteiger partial charge in [-0.25, -0.2) is 0 Å². The highest BCUT2D eigenvalue weighted by Crippen LogP contribution is 2.01. The number of hydrogen-bond acceptors (Lipinski definition) is 2. The van der Waals surface area contributed by atoms with E-state index in [9.17, 15) is 0 Å². The summed E-state index contributed by atoms with van der Waals surface area (Å²) in [6, 6.07) is 5.84. The molecule has 0 amide bonds. The topological polar surface area (TPSA) is 38.0 Å². The van der Waals surface area contributed by atoms with Crippen LogP contribution in [0.25, 0.3) is 0 Å². The molecule has 0 unspecified atom stereocenters. The normalized spacial score (nSPS) is 10.5. The third-order valence-corrected chi connectivity index (χ3v) is 2.26. The average molecular weight is 206 g/mol. The molecular formula is C12H18N2O. The van der Waals surface area contributed by atoms with Gasteiger partial charge in [-0.05, 0) is 24.5 Å². The van der Waals surface area contributed by atoms with Crippen LogP contribution < -0.4 is 0 Å². The first-order chi connectivity index (χ1) is 7.24. The smallest absolute Gasteiger partial charge is 0.120 e. The number of nitrogens with zero attached hydrogens (tertiary/aromatic N) is 2. The molecule has 0 saturated carbocycles. The molecule has 3 heteroatoms. The van der Waals surface area contributed by atoms with Crippen LogP contribution in [0.2, 0.25) is 0 Å². The zero-order chi connectivity index (χ0) is 11.1. The molecule has 0 bridgehead atoms. The van der Waals surface area contributed by atoms with E-state index in [1.807, 2.05) is 22.9 Å². The summed E-state index contributed by atoms with van der Waals surface area (Å²) in [5.41, 5.74) is 0.697. The van der Waals surface area contributed by atoms with Gasteiger partial charge in [-0.1, -0.05) is 13.8 Å². The summed E-state index contributed by atoms with van der Waals surface area (Å²) in [5.74, 6) is 0.686. The number of hydrogen-bond donors (Lipinski definition) is 0. The zero-order valence-electron chi connectivity index (χ0n) is 9.44. The van der Waals surface area contributed by atoms with Crippen molar-refractivity contribution in [3.63, 3.8) is 0 Å². The minimum absolute atomic E-state index is 0.677. The number of nitriles is 1. The van der Waals surface area contributed by atoms with E-state index in [1.54, 1.807) is 0 Å². The summed E-state index contributed by atoms with van der Waals surface area (Å²) in [6.45, 7) is 6.61. The van der Waals surface area contributed by atoms with Crippen LogP contribution in [0.15, 0.2) is 18.3 Å². The van der Waals surface area contributed by atoms with Gasteiger partial charge >= 0.3 is 0 Å². The summed E-state index contributed by atoms with van der Waals surface area (Å²) in [7, 11) is 0. The standard InChI is InChI=1S/C12H18N2O/c1-11(2)5-8-15-9-7-14-6-3-4-12(14)10-13/h3-4,6,11H,5,7-9H2,1-2H3. The number of rotatable bonds is 6. The summed E-state index contributed by atoms with van der Waals surface area (Å²) in [6.07, 6.45) is 3.00. The van der Waals surface area contributed by atoms with Gasteiger partial charge in [-0.3, -0.25) is 0 Å². The van der Waals surface area contributed by atoms with Crippen molar-refractivity contribution in [1.29, 1.82) is 5.26 Å². The van der Waals surface area contributed by atoms with Gasteiger partial charge in [0.2, 0.25) is 0 Å². The molecule has 0 aliphatic carbocycles. The predicted octanol–water partition coefficient (Wildman–Crippen LogP) is 2.42. The molecule has 0 aliphatic rings. The predicted molar refractivity (Wildman–Crippen MR) is 59.4 cm³/mol. The Bertz CT molecular complexity index is 323. The van der Waals surface area contributed by atoms with Crippen LogP contribution in [-0.2, 0) is 11.3 Å². The van der Waals surface area contributed by atoms with Crippen molar-refractivity contribution >= 4 is 0 Å². The van der Waals surface area contributed by atoms with Crippen LogP contribution in [0.5, 0.6) is 0 Å². The molecule has 0 aromatic carbocycles. The third kappa shape index (κ3) is 4.18. The van der Waals surface area contributed by atoms with Crippen LogP contribution in [0.1, 0.15) is 26.0 Å². The molecule has 1 rings (SSSR count). The lowest BCUT2D eigenvalue weighted by atomic mass is 10.1. The monoisotopic (exact) mass is 206 g/mol. The summed E-state index contributed by atoms with van der Waals surface area (Å²) in [5, 5.41) is 8.77. The first kappa shape index (κ1) is 11.8. The Hall–Kier alpha value is -1.27. The molecule has 0 atom stereocenters. The maximum Gasteiger partial charge on any atom is 0.120 e. The summed E-state index contributed by atoms with van der Waals surface area (Å²) in [4.78, 5) is 0. The molecule has 3 nitrogen and oxygen atoms in total. The van der Waals surface area contributed by atoms with Crippen molar-refractivity contribution < 1.29 is 4.74 Å². The van der Waals surface area contributed by atoms with Crippen LogP contribution >= 0.6 is 0 Å². The second-order valence-electron chi connectivity index (χ2n) is 3.99. The van der Waals surface area contributed by atoms with Gasteiger partial charge < -0.3 is 9.30 Å². The first-order valence-corrected chi connectivity index (χ1v) is 5.37. The fourth-order valence-electron chi connectivity index (χ4n) is 1.29. The highest BCUT2D eigenvalue weighted by atomic mass is 16.5. The Balaban J connectivity index is 2.18. The number of aromatic nitrogens is 1. The van der Waals surface area contributed by atoms with Crippen LogP contribution in [0, 0.1) is 17.2 Å². The van der Waals surface area contributed by atoms with E-state index in [1.165, 1.54) is 0 Å².